The molecule has 1 aromatic heterocycles. The Balaban J connectivity index is 2.01. The van der Waals surface area contributed by atoms with Crippen LogP contribution in [0, 0.1) is 5.92 Å². The molecular weight excluding hydrogens is 184 g/mol. The minimum Gasteiger partial charge on any atom is -0.364 e. The molecular formula is C8H12N4O2. The third-order valence-electron chi connectivity index (χ3n) is 2.49. The van der Waals surface area contributed by atoms with Crippen LogP contribution in [0.4, 0.5) is 5.82 Å². The van der Waals surface area contributed by atoms with Gasteiger partial charge in [-0.25, -0.2) is 9.89 Å². The fraction of sp³-hybridized carbons (Fsp3) is 0.625. The number of hydrogen-bond donors (Lipinski definition) is 3. The molecule has 0 saturated heterocycles. The lowest BCUT2D eigenvalue weighted by Gasteiger charge is -2.25. The van der Waals surface area contributed by atoms with E-state index in [2.05, 4.69) is 20.5 Å². The predicted octanol–water partition coefficient (Wildman–Crippen LogP) is -0.330. The average Bonchev–Trinajstić information content (AvgIpc) is 2.05. The van der Waals surface area contributed by atoms with E-state index < -0.39 is 11.2 Å². The quantitative estimate of drug-likeness (QED) is 0.617. The minimum atomic E-state index is -0.579. The number of rotatable bonds is 3. The van der Waals surface area contributed by atoms with Crippen molar-refractivity contribution in [2.45, 2.75) is 19.3 Å². The van der Waals surface area contributed by atoms with Gasteiger partial charge in [0.25, 0.3) is 5.56 Å². The van der Waals surface area contributed by atoms with E-state index in [4.69, 9.17) is 0 Å². The lowest BCUT2D eigenvalue weighted by Crippen LogP contribution is -2.29. The molecule has 1 saturated carbocycles. The van der Waals surface area contributed by atoms with Gasteiger partial charge in [0.2, 0.25) is 5.82 Å². The smallest absolute Gasteiger partial charge is 0.342 e. The van der Waals surface area contributed by atoms with Gasteiger partial charge in [0, 0.05) is 6.54 Å². The summed E-state index contributed by atoms with van der Waals surface area (Å²) in [6.07, 6.45) is 3.67. The molecule has 0 bridgehead atoms. The second kappa shape index (κ2) is 3.65. The van der Waals surface area contributed by atoms with Crippen molar-refractivity contribution < 1.29 is 0 Å². The Hall–Kier alpha value is -1.59. The molecule has 0 amide bonds. The molecule has 1 aliphatic carbocycles. The molecule has 14 heavy (non-hydrogen) atoms. The molecule has 76 valence electrons. The van der Waals surface area contributed by atoms with E-state index in [9.17, 15) is 9.59 Å². The van der Waals surface area contributed by atoms with Gasteiger partial charge in [-0.05, 0) is 18.8 Å². The molecule has 0 spiro atoms. The first-order chi connectivity index (χ1) is 6.75. The number of nitrogens with one attached hydrogen (secondary N) is 3. The molecule has 0 aromatic carbocycles. The van der Waals surface area contributed by atoms with E-state index in [0.29, 0.717) is 5.92 Å². The van der Waals surface area contributed by atoms with Gasteiger partial charge in [-0.15, -0.1) is 5.10 Å². The van der Waals surface area contributed by atoms with Crippen LogP contribution in [-0.4, -0.2) is 21.7 Å². The molecule has 1 aliphatic rings. The van der Waals surface area contributed by atoms with Crippen molar-refractivity contribution in [1.82, 2.24) is 15.2 Å². The Bertz CT molecular complexity index is 418. The average molecular weight is 196 g/mol. The molecule has 6 heteroatoms. The Morgan fingerprint density at radius 3 is 2.79 bits per heavy atom. The van der Waals surface area contributed by atoms with Gasteiger partial charge < -0.3 is 5.32 Å². The van der Waals surface area contributed by atoms with Crippen LogP contribution in [0.25, 0.3) is 0 Å². The van der Waals surface area contributed by atoms with Crippen LogP contribution in [0.15, 0.2) is 9.59 Å². The Morgan fingerprint density at radius 2 is 2.21 bits per heavy atom. The zero-order valence-electron chi connectivity index (χ0n) is 7.67. The van der Waals surface area contributed by atoms with Crippen molar-refractivity contribution in [2.24, 2.45) is 5.92 Å². The summed E-state index contributed by atoms with van der Waals surface area (Å²) in [5.41, 5.74) is -1.04. The van der Waals surface area contributed by atoms with Crippen LogP contribution in [-0.2, 0) is 0 Å². The monoisotopic (exact) mass is 196 g/mol. The zero-order chi connectivity index (χ0) is 9.97. The fourth-order valence-electron chi connectivity index (χ4n) is 1.41. The number of H-pyrrole nitrogens is 2. The highest BCUT2D eigenvalue weighted by Gasteiger charge is 2.17. The van der Waals surface area contributed by atoms with Gasteiger partial charge in [-0.1, -0.05) is 6.42 Å². The van der Waals surface area contributed by atoms with E-state index in [0.717, 1.165) is 6.54 Å². The summed E-state index contributed by atoms with van der Waals surface area (Å²) in [6.45, 7) is 0.752. The molecule has 1 aromatic rings. The van der Waals surface area contributed by atoms with E-state index in [1.807, 2.05) is 0 Å². The summed E-state index contributed by atoms with van der Waals surface area (Å²) in [6, 6.07) is 0. The van der Waals surface area contributed by atoms with Crippen molar-refractivity contribution >= 4 is 5.82 Å². The van der Waals surface area contributed by atoms with E-state index in [-0.39, 0.29) is 5.82 Å². The van der Waals surface area contributed by atoms with E-state index >= 15 is 0 Å². The van der Waals surface area contributed by atoms with Gasteiger partial charge in [0.15, 0.2) is 0 Å². The van der Waals surface area contributed by atoms with Gasteiger partial charge in [0.1, 0.15) is 0 Å². The van der Waals surface area contributed by atoms with Crippen LogP contribution in [0.2, 0.25) is 0 Å². The summed E-state index contributed by atoms with van der Waals surface area (Å²) < 4.78 is 0. The van der Waals surface area contributed by atoms with Crippen molar-refractivity contribution in [3.8, 4) is 0 Å². The third kappa shape index (κ3) is 1.84. The van der Waals surface area contributed by atoms with Crippen molar-refractivity contribution in [1.29, 1.82) is 0 Å². The Morgan fingerprint density at radius 1 is 1.43 bits per heavy atom. The number of nitrogens with zero attached hydrogens (tertiary/aromatic N) is 1. The number of aromatic amines is 2. The molecule has 0 unspecified atom stereocenters. The molecule has 0 atom stereocenters. The SMILES string of the molecule is O=c1[nH]nc(NCC2CCC2)c(=O)[nH]1. The van der Waals surface area contributed by atoms with Gasteiger partial charge in [-0.3, -0.25) is 9.78 Å². The number of hydrogen-bond acceptors (Lipinski definition) is 4. The highest BCUT2D eigenvalue weighted by Crippen LogP contribution is 2.25. The Labute approximate surface area is 79.8 Å². The van der Waals surface area contributed by atoms with Crippen molar-refractivity contribution in [3.05, 3.63) is 20.8 Å². The van der Waals surface area contributed by atoms with Crippen LogP contribution in [0.5, 0.6) is 0 Å². The van der Waals surface area contributed by atoms with E-state index in [1.165, 1.54) is 19.3 Å². The van der Waals surface area contributed by atoms with Crippen LogP contribution < -0.4 is 16.6 Å². The molecule has 1 heterocycles. The molecule has 6 nitrogen and oxygen atoms in total. The number of aromatic nitrogens is 3. The maximum absolute atomic E-state index is 11.2. The standard InChI is InChI=1S/C8H12N4O2/c13-7-6(11-12-8(14)10-7)9-4-5-2-1-3-5/h5H,1-4H2,(H,9,11)(H2,10,12,13,14). The molecule has 1 fully saturated rings. The van der Waals surface area contributed by atoms with Crippen LogP contribution in [0.3, 0.4) is 0 Å². The van der Waals surface area contributed by atoms with Gasteiger partial charge in [0.05, 0.1) is 0 Å². The third-order valence-corrected chi connectivity index (χ3v) is 2.49. The predicted molar refractivity (Wildman–Crippen MR) is 51.3 cm³/mol. The summed E-state index contributed by atoms with van der Waals surface area (Å²) in [5.74, 6) is 0.833. The maximum atomic E-state index is 11.2. The van der Waals surface area contributed by atoms with Crippen molar-refractivity contribution in [3.63, 3.8) is 0 Å². The van der Waals surface area contributed by atoms with Gasteiger partial charge >= 0.3 is 5.69 Å². The summed E-state index contributed by atoms with van der Waals surface area (Å²) in [7, 11) is 0. The first-order valence-electron chi connectivity index (χ1n) is 4.68. The minimum absolute atomic E-state index is 0.191. The topological polar surface area (TPSA) is 90.6 Å². The normalized spacial score (nSPS) is 16.3. The number of anilines is 1. The van der Waals surface area contributed by atoms with E-state index in [1.54, 1.807) is 0 Å². The van der Waals surface area contributed by atoms with Gasteiger partial charge in [-0.2, -0.15) is 0 Å². The maximum Gasteiger partial charge on any atom is 0.342 e. The molecule has 3 N–H and O–H groups in total. The molecule has 0 radical (unpaired) electrons. The lowest BCUT2D eigenvalue weighted by molar-refractivity contribution is 0.333. The first-order valence-corrected chi connectivity index (χ1v) is 4.68. The highest BCUT2D eigenvalue weighted by atomic mass is 16.2. The summed E-state index contributed by atoms with van der Waals surface area (Å²) in [5, 5.41) is 8.71. The van der Waals surface area contributed by atoms with Crippen LogP contribution >= 0.6 is 0 Å². The Kier molecular flexibility index (Phi) is 2.34. The summed E-state index contributed by atoms with van der Waals surface area (Å²) in [4.78, 5) is 23.9. The summed E-state index contributed by atoms with van der Waals surface area (Å²) >= 11 is 0. The zero-order valence-corrected chi connectivity index (χ0v) is 7.67. The first kappa shape index (κ1) is 8.98. The van der Waals surface area contributed by atoms with Crippen molar-refractivity contribution in [2.75, 3.05) is 11.9 Å². The fourth-order valence-corrected chi connectivity index (χ4v) is 1.41. The second-order valence-electron chi connectivity index (χ2n) is 3.53. The lowest BCUT2D eigenvalue weighted by atomic mass is 9.85. The largest absolute Gasteiger partial charge is 0.364 e. The second-order valence-corrected chi connectivity index (χ2v) is 3.53. The highest BCUT2D eigenvalue weighted by molar-refractivity contribution is 5.28. The molecule has 2 rings (SSSR count). The molecule has 0 aliphatic heterocycles. The van der Waals surface area contributed by atoms with Crippen LogP contribution in [0.1, 0.15) is 19.3 Å².